The van der Waals surface area contributed by atoms with E-state index in [0.29, 0.717) is 28.6 Å². The van der Waals surface area contributed by atoms with E-state index in [1.54, 1.807) is 18.2 Å². The lowest BCUT2D eigenvalue weighted by molar-refractivity contribution is -0.105. The SMILES string of the molecule is O=CNc1ccc(Cl)c(Cl)c1.OC1CC2CC(c3cnc(F)nc3)C1O2. The van der Waals surface area contributed by atoms with Crippen LogP contribution in [0.4, 0.5) is 10.1 Å². The molecule has 2 fully saturated rings. The molecule has 0 radical (unpaired) electrons. The number of halogens is 3. The maximum absolute atomic E-state index is 12.5. The molecule has 2 bridgehead atoms. The molecule has 4 unspecified atom stereocenters. The molecule has 2 N–H and O–H groups in total. The molecule has 9 heteroatoms. The van der Waals surface area contributed by atoms with Gasteiger partial charge in [0.15, 0.2) is 0 Å². The first-order valence-electron chi connectivity index (χ1n) is 7.94. The van der Waals surface area contributed by atoms with Gasteiger partial charge in [0.25, 0.3) is 0 Å². The Morgan fingerprint density at radius 1 is 1.23 bits per heavy atom. The second-order valence-electron chi connectivity index (χ2n) is 6.04. The smallest absolute Gasteiger partial charge is 0.308 e. The molecule has 2 aliphatic heterocycles. The van der Waals surface area contributed by atoms with Gasteiger partial charge in [0.2, 0.25) is 6.41 Å². The summed E-state index contributed by atoms with van der Waals surface area (Å²) in [6, 6.07) is 4.87. The average molecular weight is 400 g/mol. The first-order valence-corrected chi connectivity index (χ1v) is 8.69. The van der Waals surface area contributed by atoms with Gasteiger partial charge in [0, 0.05) is 30.4 Å². The number of aliphatic hydroxyl groups is 1. The number of hydrogen-bond acceptors (Lipinski definition) is 5. The third-order valence-corrected chi connectivity index (χ3v) is 5.10. The van der Waals surface area contributed by atoms with E-state index in [1.807, 2.05) is 0 Å². The minimum absolute atomic E-state index is 0.111. The summed E-state index contributed by atoms with van der Waals surface area (Å²) in [7, 11) is 0. The van der Waals surface area contributed by atoms with Gasteiger partial charge in [-0.3, -0.25) is 4.79 Å². The molecule has 0 aliphatic carbocycles. The summed E-state index contributed by atoms with van der Waals surface area (Å²) in [5.41, 5.74) is 1.48. The topological polar surface area (TPSA) is 84.3 Å². The van der Waals surface area contributed by atoms with Gasteiger partial charge < -0.3 is 15.2 Å². The van der Waals surface area contributed by atoms with Crippen molar-refractivity contribution in [1.29, 1.82) is 0 Å². The molecule has 26 heavy (non-hydrogen) atoms. The van der Waals surface area contributed by atoms with E-state index in [0.717, 1.165) is 12.0 Å². The number of carbonyl (C=O) groups is 1. The third kappa shape index (κ3) is 4.29. The molecule has 4 rings (SSSR count). The summed E-state index contributed by atoms with van der Waals surface area (Å²) in [6.07, 6.45) is 3.97. The Kier molecular flexibility index (Phi) is 6.03. The number of hydrogen-bond donors (Lipinski definition) is 2. The summed E-state index contributed by atoms with van der Waals surface area (Å²) >= 11 is 11.3. The van der Waals surface area contributed by atoms with E-state index in [4.69, 9.17) is 27.9 Å². The van der Waals surface area contributed by atoms with Crippen molar-refractivity contribution in [1.82, 2.24) is 9.97 Å². The van der Waals surface area contributed by atoms with Crippen LogP contribution in [0, 0.1) is 6.08 Å². The largest absolute Gasteiger partial charge is 0.390 e. The number of amides is 1. The van der Waals surface area contributed by atoms with Crippen LogP contribution in [0.3, 0.4) is 0 Å². The molecular weight excluding hydrogens is 384 g/mol. The van der Waals surface area contributed by atoms with Gasteiger partial charge in [0.1, 0.15) is 0 Å². The number of anilines is 1. The van der Waals surface area contributed by atoms with Crippen LogP contribution in [0.15, 0.2) is 30.6 Å². The minimum Gasteiger partial charge on any atom is -0.390 e. The van der Waals surface area contributed by atoms with E-state index in [2.05, 4.69) is 15.3 Å². The van der Waals surface area contributed by atoms with Gasteiger partial charge in [-0.15, -0.1) is 0 Å². The zero-order valence-electron chi connectivity index (χ0n) is 13.5. The van der Waals surface area contributed by atoms with Crippen LogP contribution >= 0.6 is 23.2 Å². The molecule has 1 aromatic heterocycles. The molecule has 2 aliphatic rings. The van der Waals surface area contributed by atoms with Gasteiger partial charge in [-0.2, -0.15) is 4.39 Å². The van der Waals surface area contributed by atoms with Crippen molar-refractivity contribution in [2.75, 3.05) is 5.32 Å². The number of fused-ring (bicyclic) bond motifs is 2. The van der Waals surface area contributed by atoms with Crippen molar-refractivity contribution in [3.63, 3.8) is 0 Å². The Bertz CT molecular complexity index is 778. The highest BCUT2D eigenvalue weighted by Crippen LogP contribution is 2.44. The first-order chi connectivity index (χ1) is 12.5. The number of aliphatic hydroxyl groups excluding tert-OH is 1. The standard InChI is InChI=1S/C10H11FN2O2.C7H5Cl2NO/c11-10-12-3-5(4-13-10)7-1-6-2-8(14)9(7)15-6;8-6-2-1-5(10-4-11)3-7(6)9/h3-4,6-9,14H,1-2H2;1-4H,(H,10,11). The molecule has 138 valence electrons. The normalized spacial score (nSPS) is 26.2. The Balaban J connectivity index is 0.000000160. The zero-order chi connectivity index (χ0) is 18.7. The van der Waals surface area contributed by atoms with E-state index in [1.165, 1.54) is 12.4 Å². The van der Waals surface area contributed by atoms with Crippen LogP contribution in [0.1, 0.15) is 24.3 Å². The fourth-order valence-corrected chi connectivity index (χ4v) is 3.50. The monoisotopic (exact) mass is 399 g/mol. The van der Waals surface area contributed by atoms with Crippen molar-refractivity contribution >= 4 is 35.3 Å². The lowest BCUT2D eigenvalue weighted by Crippen LogP contribution is -2.28. The molecule has 2 aromatic rings. The first kappa shape index (κ1) is 19.0. The Morgan fingerprint density at radius 3 is 2.54 bits per heavy atom. The Morgan fingerprint density at radius 2 is 1.96 bits per heavy atom. The number of nitrogens with one attached hydrogen (secondary N) is 1. The second-order valence-corrected chi connectivity index (χ2v) is 6.86. The van der Waals surface area contributed by atoms with Crippen LogP contribution in [0.2, 0.25) is 10.0 Å². The van der Waals surface area contributed by atoms with Gasteiger partial charge in [-0.25, -0.2) is 9.97 Å². The van der Waals surface area contributed by atoms with Crippen molar-refractivity contribution in [2.24, 2.45) is 0 Å². The predicted molar refractivity (Wildman–Crippen MR) is 94.8 cm³/mol. The molecule has 4 atom stereocenters. The molecule has 3 heterocycles. The maximum atomic E-state index is 12.5. The fourth-order valence-electron chi connectivity index (χ4n) is 3.20. The van der Waals surface area contributed by atoms with Crippen LogP contribution in [-0.4, -0.2) is 39.8 Å². The summed E-state index contributed by atoms with van der Waals surface area (Å²) in [5.74, 6) is 0.111. The second kappa shape index (κ2) is 8.26. The van der Waals surface area contributed by atoms with E-state index in [-0.39, 0.29) is 18.1 Å². The number of aromatic nitrogens is 2. The summed E-state index contributed by atoms with van der Waals surface area (Å²) in [5, 5.41) is 13.0. The molecule has 1 aromatic carbocycles. The lowest BCUT2D eigenvalue weighted by atomic mass is 9.83. The molecule has 0 spiro atoms. The van der Waals surface area contributed by atoms with Crippen LogP contribution in [0.25, 0.3) is 0 Å². The summed E-state index contributed by atoms with van der Waals surface area (Å²) in [6.45, 7) is 0. The van der Waals surface area contributed by atoms with Crippen molar-refractivity contribution in [3.05, 3.63) is 52.3 Å². The van der Waals surface area contributed by atoms with E-state index in [9.17, 15) is 14.3 Å². The van der Waals surface area contributed by atoms with Gasteiger partial charge in [0.05, 0.1) is 28.4 Å². The highest BCUT2D eigenvalue weighted by Gasteiger charge is 2.47. The number of nitrogens with zero attached hydrogens (tertiary/aromatic N) is 2. The Labute approximate surface area is 159 Å². The third-order valence-electron chi connectivity index (χ3n) is 4.36. The number of ether oxygens (including phenoxy) is 1. The quantitative estimate of drug-likeness (QED) is 0.611. The number of carbonyl (C=O) groups excluding carboxylic acids is 1. The zero-order valence-corrected chi connectivity index (χ0v) is 15.0. The van der Waals surface area contributed by atoms with Gasteiger partial charge >= 0.3 is 6.08 Å². The molecule has 0 saturated carbocycles. The molecule has 2 saturated heterocycles. The maximum Gasteiger partial charge on any atom is 0.308 e. The van der Waals surface area contributed by atoms with E-state index < -0.39 is 12.2 Å². The fraction of sp³-hybridized carbons (Fsp3) is 0.353. The number of rotatable bonds is 3. The average Bonchev–Trinajstić information content (AvgIpc) is 3.19. The van der Waals surface area contributed by atoms with Crippen LogP contribution in [0.5, 0.6) is 0 Å². The highest BCUT2D eigenvalue weighted by atomic mass is 35.5. The molecular formula is C17H16Cl2FN3O3. The predicted octanol–water partition coefficient (Wildman–Crippen LogP) is 3.18. The summed E-state index contributed by atoms with van der Waals surface area (Å²) < 4.78 is 18.1. The van der Waals surface area contributed by atoms with Crippen molar-refractivity contribution in [3.8, 4) is 0 Å². The van der Waals surface area contributed by atoms with E-state index >= 15 is 0 Å². The number of benzene rings is 1. The van der Waals surface area contributed by atoms with Crippen LogP contribution < -0.4 is 5.32 Å². The lowest BCUT2D eigenvalue weighted by Gasteiger charge is -2.22. The highest BCUT2D eigenvalue weighted by molar-refractivity contribution is 6.42. The van der Waals surface area contributed by atoms with Crippen molar-refractivity contribution in [2.45, 2.75) is 37.1 Å². The molecule has 6 nitrogen and oxygen atoms in total. The van der Waals surface area contributed by atoms with Crippen LogP contribution in [-0.2, 0) is 9.53 Å². The minimum atomic E-state index is -0.719. The van der Waals surface area contributed by atoms with Gasteiger partial charge in [-0.1, -0.05) is 23.2 Å². The van der Waals surface area contributed by atoms with Crippen molar-refractivity contribution < 1.29 is 19.0 Å². The molecule has 1 amide bonds. The summed E-state index contributed by atoms with van der Waals surface area (Å²) in [4.78, 5) is 17.0. The Hall–Kier alpha value is -1.80. The van der Waals surface area contributed by atoms with Gasteiger partial charge in [-0.05, 0) is 30.2 Å².